The van der Waals surface area contributed by atoms with E-state index in [1.807, 2.05) is 133 Å². The zero-order valence-corrected chi connectivity index (χ0v) is 54.2. The van der Waals surface area contributed by atoms with E-state index in [1.54, 1.807) is 24.8 Å². The Bertz CT molecular complexity index is 3460. The monoisotopic (exact) mass is 1280 g/mol. The van der Waals surface area contributed by atoms with Gasteiger partial charge in [-0.05, 0) is 98.4 Å². The van der Waals surface area contributed by atoms with Gasteiger partial charge in [0, 0.05) is 63.8 Å². The van der Waals surface area contributed by atoms with Gasteiger partial charge < -0.3 is 38.9 Å². The van der Waals surface area contributed by atoms with Crippen LogP contribution in [0.25, 0.3) is 0 Å². The first-order chi connectivity index (χ1) is 42.2. The number of carbonyl (C=O) groups excluding carboxylic acids is 4. The zero-order chi connectivity index (χ0) is 58.9. The fourth-order valence-electron chi connectivity index (χ4n) is 10.1. The smallest absolute Gasteiger partial charge is 0.446 e. The van der Waals surface area contributed by atoms with Crippen molar-refractivity contribution in [3.63, 3.8) is 0 Å². The second kappa shape index (κ2) is 31.5. The maximum absolute atomic E-state index is 14.5. The van der Waals surface area contributed by atoms with Gasteiger partial charge in [0.2, 0.25) is 23.6 Å². The van der Waals surface area contributed by atoms with Crippen LogP contribution in [-0.4, -0.2) is 86.4 Å². The third kappa shape index (κ3) is 17.6. The fraction of sp³-hybridized carbons (Fsp3) is 0.250. The predicted octanol–water partition coefficient (Wildman–Crippen LogP) is 8.86. The summed E-state index contributed by atoms with van der Waals surface area (Å²) in [5.41, 5.74) is 4.83. The normalized spacial score (nSPS) is 16.3. The number of carbonyl (C=O) groups is 4. The SMILES string of the molecule is O=C1N[C@@H](Cc2ccccc2)c2nc(co2)C(=O)N[C@@H](CCCN(Cc2ccccn2)Cc2ccccn2)c2nc(co2)C(=O)N[C@@H](Cc2ccccc2)c2nc(co2)C(=O)N[C@@H](CCCN(Cc2ccccn2)Cc2ccccn2)c2nc1co2.[Zn+2].[Zn+2]. The Kier molecular flexibility index (Phi) is 22.7. The van der Waals surface area contributed by atoms with Crippen LogP contribution in [0.1, 0.15) is 149 Å². The molecule has 2 aromatic carbocycles. The fourth-order valence-corrected chi connectivity index (χ4v) is 10.1. The van der Waals surface area contributed by atoms with Gasteiger partial charge in [-0.25, -0.2) is 19.9 Å². The van der Waals surface area contributed by atoms with Crippen molar-refractivity contribution in [2.24, 2.45) is 0 Å². The summed E-state index contributed by atoms with van der Waals surface area (Å²) in [6.07, 6.45) is 14.0. The molecule has 0 unspecified atom stereocenters. The summed E-state index contributed by atoms with van der Waals surface area (Å²) in [7, 11) is 0. The van der Waals surface area contributed by atoms with Crippen molar-refractivity contribution in [1.82, 2.24) is 70.9 Å². The predicted molar refractivity (Wildman–Crippen MR) is 311 cm³/mol. The minimum atomic E-state index is -0.906. The third-order valence-electron chi connectivity index (χ3n) is 14.4. The Morgan fingerprint density at radius 1 is 0.352 bits per heavy atom. The zero-order valence-electron chi connectivity index (χ0n) is 48.3. The van der Waals surface area contributed by atoms with E-state index in [0.29, 0.717) is 65.0 Å². The van der Waals surface area contributed by atoms with E-state index >= 15 is 0 Å². The molecule has 4 atom stereocenters. The number of fused-ring (bicyclic) bond motifs is 8. The minimum Gasteiger partial charge on any atom is -0.446 e. The molecule has 24 heteroatoms. The van der Waals surface area contributed by atoms with E-state index in [-0.39, 0.29) is 98.1 Å². The Labute approximate surface area is 532 Å². The Morgan fingerprint density at radius 2 is 0.625 bits per heavy atom. The summed E-state index contributed by atoms with van der Waals surface area (Å²) in [5, 5.41) is 12.1. The van der Waals surface area contributed by atoms with E-state index in [4.69, 9.17) is 17.7 Å². The van der Waals surface area contributed by atoms with Crippen molar-refractivity contribution in [3.8, 4) is 0 Å². The average Bonchev–Trinajstić information content (AvgIpc) is 3.77. The maximum atomic E-state index is 14.5. The second-order valence-corrected chi connectivity index (χ2v) is 20.8. The molecule has 0 spiro atoms. The molecule has 8 aromatic heterocycles. The Morgan fingerprint density at radius 3 is 0.909 bits per heavy atom. The quantitative estimate of drug-likeness (QED) is 0.0518. The first-order valence-electron chi connectivity index (χ1n) is 28.4. The van der Waals surface area contributed by atoms with Crippen molar-refractivity contribution >= 4 is 23.6 Å². The third-order valence-corrected chi connectivity index (χ3v) is 14.4. The summed E-state index contributed by atoms with van der Waals surface area (Å²) in [6, 6.07) is 38.3. The summed E-state index contributed by atoms with van der Waals surface area (Å²) in [4.78, 5) is 99.0. The van der Waals surface area contributed by atoms with Crippen LogP contribution >= 0.6 is 0 Å². The molecule has 0 radical (unpaired) electrons. The van der Waals surface area contributed by atoms with Crippen LogP contribution in [0.2, 0.25) is 0 Å². The molecular weight excluding hydrogens is 1220 g/mol. The standard InChI is InChI=1S/C64H62N14O8.2Zn/c79-57-53-41-85-63(75-53)51(33-43-17-3-1-4-18-43)71-59(81)55-39-83-61(73-55)49(25-15-31-77(35-45-21-7-11-27-65-45)36-46-22-8-12-28-66-46)70-58(80)54-42-86-64(76-54)52(34-44-19-5-2-6-20-44)72-60(82)56-40-84-62(74-56)50(69-57)26-16-32-78(37-47-23-9-13-29-67-47)38-48-24-10-14-30-68-48;;/h1-14,17-24,27-30,39-42,49-52H,15-16,25-26,31-38H2,(H,69,79)(H,70,80)(H,71,81)(H,72,82);;/q;2*+2/t49-,50-,51-,52-;;/m0../s1. The van der Waals surface area contributed by atoms with Gasteiger partial charge in [-0.2, -0.15) is 0 Å². The van der Waals surface area contributed by atoms with Gasteiger partial charge in [0.15, 0.2) is 22.8 Å². The van der Waals surface area contributed by atoms with Crippen LogP contribution in [-0.2, 0) is 78.0 Å². The van der Waals surface area contributed by atoms with Gasteiger partial charge >= 0.3 is 39.0 Å². The number of pyridine rings is 4. The van der Waals surface area contributed by atoms with Crippen LogP contribution in [0.15, 0.2) is 201 Å². The Balaban J connectivity index is 0.00000461. The molecule has 0 saturated carbocycles. The van der Waals surface area contributed by atoms with Crippen molar-refractivity contribution in [1.29, 1.82) is 0 Å². The van der Waals surface area contributed by atoms with Gasteiger partial charge in [0.05, 0.1) is 22.8 Å². The summed E-state index contributed by atoms with van der Waals surface area (Å²) < 4.78 is 24.2. The van der Waals surface area contributed by atoms with Crippen molar-refractivity contribution in [2.75, 3.05) is 13.1 Å². The van der Waals surface area contributed by atoms with Crippen LogP contribution in [0.3, 0.4) is 0 Å². The van der Waals surface area contributed by atoms with Crippen LogP contribution in [0.5, 0.6) is 0 Å². The number of nitrogens with zero attached hydrogens (tertiary/aromatic N) is 10. The minimum absolute atomic E-state index is 0. The molecule has 22 nitrogen and oxygen atoms in total. The number of nitrogens with one attached hydrogen (secondary N) is 4. The van der Waals surface area contributed by atoms with Gasteiger partial charge in [0.25, 0.3) is 23.6 Å². The summed E-state index contributed by atoms with van der Waals surface area (Å²) in [5.74, 6) is -2.31. The van der Waals surface area contributed by atoms with Gasteiger partial charge in [-0.1, -0.05) is 84.9 Å². The number of aromatic nitrogens is 8. The molecule has 8 bridgehead atoms. The molecule has 1 aliphatic rings. The molecule has 0 fully saturated rings. The molecule has 0 saturated heterocycles. The molecule has 4 amide bonds. The number of rotatable bonds is 20. The largest absolute Gasteiger partial charge is 2.00 e. The summed E-state index contributed by atoms with van der Waals surface area (Å²) >= 11 is 0. The van der Waals surface area contributed by atoms with Gasteiger partial charge in [0.1, 0.15) is 49.2 Å². The second-order valence-electron chi connectivity index (χ2n) is 20.8. The van der Waals surface area contributed by atoms with Crippen molar-refractivity contribution in [3.05, 3.63) is 264 Å². The number of amides is 4. The molecule has 88 heavy (non-hydrogen) atoms. The molecule has 11 rings (SSSR count). The van der Waals surface area contributed by atoms with Gasteiger partial charge in [-0.3, -0.25) is 48.9 Å². The molecule has 436 valence electrons. The van der Waals surface area contributed by atoms with E-state index in [9.17, 15) is 19.2 Å². The molecule has 0 aliphatic carbocycles. The molecular formula is C64H62N14O8Zn2+4. The number of hydrogen-bond donors (Lipinski definition) is 4. The van der Waals surface area contributed by atoms with E-state index in [0.717, 1.165) is 33.9 Å². The van der Waals surface area contributed by atoms with E-state index in [1.165, 1.54) is 25.1 Å². The average molecular weight is 1290 g/mol. The van der Waals surface area contributed by atoms with Crippen LogP contribution in [0, 0.1) is 0 Å². The molecule has 1 aliphatic heterocycles. The topological polar surface area (TPSA) is 279 Å². The maximum Gasteiger partial charge on any atom is 2.00 e. The number of benzene rings is 2. The molecule has 10 aromatic rings. The van der Waals surface area contributed by atoms with Gasteiger partial charge in [-0.15, -0.1) is 0 Å². The van der Waals surface area contributed by atoms with Crippen LogP contribution in [0.4, 0.5) is 0 Å². The van der Waals surface area contributed by atoms with E-state index in [2.05, 4.69) is 70.9 Å². The first-order valence-corrected chi connectivity index (χ1v) is 28.4. The van der Waals surface area contributed by atoms with E-state index < -0.39 is 47.8 Å². The molecule has 4 N–H and O–H groups in total. The van der Waals surface area contributed by atoms with Crippen molar-refractivity contribution in [2.45, 2.75) is 88.9 Å². The molecule has 9 heterocycles. The van der Waals surface area contributed by atoms with Crippen molar-refractivity contribution < 1.29 is 75.8 Å². The Hall–Kier alpha value is -9.07. The number of oxazole rings is 4. The van der Waals surface area contributed by atoms with Crippen LogP contribution < -0.4 is 21.3 Å². The number of hydrogen-bond acceptors (Lipinski definition) is 18. The first kappa shape index (κ1) is 63.4. The summed E-state index contributed by atoms with van der Waals surface area (Å²) in [6.45, 7) is 3.21.